The van der Waals surface area contributed by atoms with Crippen LogP contribution in [0.2, 0.25) is 0 Å². The number of ether oxygens (including phenoxy) is 3. The number of benzene rings is 5. The van der Waals surface area contributed by atoms with Crippen molar-refractivity contribution < 1.29 is 24.1 Å². The molecule has 0 spiro atoms. The number of methoxy groups -OCH3 is 1. The molecule has 0 radical (unpaired) electrons. The summed E-state index contributed by atoms with van der Waals surface area (Å²) in [4.78, 5) is 13.7. The van der Waals surface area contributed by atoms with Crippen LogP contribution in [-0.4, -0.2) is 30.0 Å². The predicted octanol–water partition coefficient (Wildman–Crippen LogP) is 8.12. The number of aliphatic hydroxyl groups is 1. The fourth-order valence-corrected chi connectivity index (χ4v) is 6.64. The first kappa shape index (κ1) is 31.6. The van der Waals surface area contributed by atoms with Crippen molar-refractivity contribution in [2.45, 2.75) is 43.0 Å². The first-order valence-corrected chi connectivity index (χ1v) is 16.4. The molecule has 1 heterocycles. The van der Waals surface area contributed by atoms with Gasteiger partial charge in [0.2, 0.25) is 0 Å². The summed E-state index contributed by atoms with van der Waals surface area (Å²) in [7, 11) is 1.69. The van der Waals surface area contributed by atoms with Crippen LogP contribution in [0.3, 0.4) is 0 Å². The van der Waals surface area contributed by atoms with E-state index in [2.05, 4.69) is 41.7 Å². The lowest BCUT2D eigenvalue weighted by atomic mass is 9.97. The van der Waals surface area contributed by atoms with Crippen molar-refractivity contribution in [1.29, 1.82) is 0 Å². The topological polar surface area (TPSA) is 77.0 Å². The number of amides is 1. The SMILES string of the molecule is COc1ccccc1SC[C@H]1C[C@@H](c2ccc(CO)cc2)O[C@@H](c2ccc(-c3ccccc3CNC(=O)c3ccccc3)cc2)O1. The van der Waals surface area contributed by atoms with Crippen molar-refractivity contribution in [1.82, 2.24) is 5.32 Å². The highest BCUT2D eigenvalue weighted by molar-refractivity contribution is 7.99. The summed E-state index contributed by atoms with van der Waals surface area (Å²) in [5, 5.41) is 12.6. The van der Waals surface area contributed by atoms with Gasteiger partial charge in [-0.3, -0.25) is 4.79 Å². The minimum Gasteiger partial charge on any atom is -0.496 e. The maximum atomic E-state index is 12.7. The highest BCUT2D eigenvalue weighted by atomic mass is 32.2. The fourth-order valence-electron chi connectivity index (χ4n) is 5.59. The van der Waals surface area contributed by atoms with Gasteiger partial charge in [0.25, 0.3) is 5.91 Å². The van der Waals surface area contributed by atoms with Gasteiger partial charge in [-0.2, -0.15) is 0 Å². The lowest BCUT2D eigenvalue weighted by molar-refractivity contribution is -0.245. The Kier molecular flexibility index (Phi) is 10.5. The largest absolute Gasteiger partial charge is 0.496 e. The van der Waals surface area contributed by atoms with E-state index in [1.807, 2.05) is 91.0 Å². The number of rotatable bonds is 11. The number of thioether (sulfide) groups is 1. The third kappa shape index (κ3) is 7.69. The van der Waals surface area contributed by atoms with Crippen LogP contribution in [0.4, 0.5) is 0 Å². The molecule has 0 saturated carbocycles. The number of para-hydroxylation sites is 1. The fraction of sp³-hybridized carbons (Fsp3) is 0.205. The van der Waals surface area contributed by atoms with Crippen LogP contribution >= 0.6 is 11.8 Å². The van der Waals surface area contributed by atoms with Gasteiger partial charge in [0, 0.05) is 34.7 Å². The molecule has 1 aliphatic rings. The molecule has 1 amide bonds. The third-order valence-corrected chi connectivity index (χ3v) is 9.28. The lowest BCUT2D eigenvalue weighted by Gasteiger charge is -2.36. The smallest absolute Gasteiger partial charge is 0.251 e. The average molecular weight is 632 g/mol. The monoisotopic (exact) mass is 631 g/mol. The lowest BCUT2D eigenvalue weighted by Crippen LogP contribution is -2.31. The maximum Gasteiger partial charge on any atom is 0.251 e. The Balaban J connectivity index is 1.19. The summed E-state index contributed by atoms with van der Waals surface area (Å²) >= 11 is 1.72. The van der Waals surface area contributed by atoms with Gasteiger partial charge in [0.05, 0.1) is 25.9 Å². The Morgan fingerprint density at radius 2 is 1.52 bits per heavy atom. The van der Waals surface area contributed by atoms with Crippen LogP contribution in [0.1, 0.15) is 51.4 Å². The first-order chi connectivity index (χ1) is 22.6. The molecule has 5 aromatic rings. The van der Waals surface area contributed by atoms with E-state index in [4.69, 9.17) is 14.2 Å². The molecule has 234 valence electrons. The second-order valence-corrected chi connectivity index (χ2v) is 12.2. The second kappa shape index (κ2) is 15.3. The Morgan fingerprint density at radius 1 is 0.826 bits per heavy atom. The molecule has 46 heavy (non-hydrogen) atoms. The molecule has 5 aromatic carbocycles. The highest BCUT2D eigenvalue weighted by Gasteiger charge is 2.32. The molecule has 0 aliphatic carbocycles. The van der Waals surface area contributed by atoms with E-state index >= 15 is 0 Å². The van der Waals surface area contributed by atoms with E-state index in [0.717, 1.165) is 49.8 Å². The van der Waals surface area contributed by atoms with E-state index in [1.54, 1.807) is 18.9 Å². The van der Waals surface area contributed by atoms with Crippen LogP contribution in [0.25, 0.3) is 11.1 Å². The van der Waals surface area contributed by atoms with Gasteiger partial charge >= 0.3 is 0 Å². The molecule has 0 aromatic heterocycles. The third-order valence-electron chi connectivity index (χ3n) is 8.10. The molecule has 7 heteroatoms. The number of hydrogen-bond donors (Lipinski definition) is 2. The molecule has 1 fully saturated rings. The minimum atomic E-state index is -0.547. The van der Waals surface area contributed by atoms with E-state index in [-0.39, 0.29) is 24.7 Å². The summed E-state index contributed by atoms with van der Waals surface area (Å²) in [6.45, 7) is 0.424. The minimum absolute atomic E-state index is 0.00455. The molecule has 0 unspecified atom stereocenters. The van der Waals surface area contributed by atoms with Crippen molar-refractivity contribution in [3.05, 3.63) is 155 Å². The molecule has 1 aliphatic heterocycles. The summed E-state index contributed by atoms with van der Waals surface area (Å²) in [5.41, 5.74) is 6.63. The van der Waals surface area contributed by atoms with Crippen LogP contribution in [0.15, 0.2) is 132 Å². The van der Waals surface area contributed by atoms with Gasteiger partial charge in [-0.1, -0.05) is 103 Å². The van der Waals surface area contributed by atoms with E-state index in [1.165, 1.54) is 0 Å². The average Bonchev–Trinajstić information content (AvgIpc) is 3.13. The van der Waals surface area contributed by atoms with E-state index < -0.39 is 6.29 Å². The second-order valence-electron chi connectivity index (χ2n) is 11.1. The maximum absolute atomic E-state index is 12.7. The van der Waals surface area contributed by atoms with Gasteiger partial charge in [0.15, 0.2) is 6.29 Å². The Hall–Kier alpha value is -4.40. The van der Waals surface area contributed by atoms with Gasteiger partial charge in [-0.15, -0.1) is 11.8 Å². The number of hydrogen-bond acceptors (Lipinski definition) is 6. The zero-order valence-electron chi connectivity index (χ0n) is 25.7. The number of carbonyl (C=O) groups excluding carboxylic acids is 1. The molecule has 1 saturated heterocycles. The first-order valence-electron chi connectivity index (χ1n) is 15.4. The van der Waals surface area contributed by atoms with Crippen molar-refractivity contribution in [2.75, 3.05) is 12.9 Å². The Bertz CT molecular complexity index is 1730. The molecule has 6 nitrogen and oxygen atoms in total. The number of carbonyl (C=O) groups is 1. The quantitative estimate of drug-likeness (QED) is 0.143. The molecule has 2 N–H and O–H groups in total. The van der Waals surface area contributed by atoms with Crippen molar-refractivity contribution in [3.63, 3.8) is 0 Å². The zero-order valence-corrected chi connectivity index (χ0v) is 26.5. The van der Waals surface area contributed by atoms with E-state index in [0.29, 0.717) is 18.5 Å². The molecular weight excluding hydrogens is 594 g/mol. The van der Waals surface area contributed by atoms with E-state index in [9.17, 15) is 9.90 Å². The highest BCUT2D eigenvalue weighted by Crippen LogP contribution is 2.41. The van der Waals surface area contributed by atoms with Gasteiger partial charge in [-0.05, 0) is 52.1 Å². The van der Waals surface area contributed by atoms with Crippen molar-refractivity contribution >= 4 is 17.7 Å². The predicted molar refractivity (Wildman–Crippen MR) is 182 cm³/mol. The summed E-state index contributed by atoms with van der Waals surface area (Å²) in [5.74, 6) is 1.49. The summed E-state index contributed by atoms with van der Waals surface area (Å²) < 4.78 is 18.7. The van der Waals surface area contributed by atoms with Gasteiger partial charge in [0.1, 0.15) is 5.75 Å². The van der Waals surface area contributed by atoms with Crippen LogP contribution < -0.4 is 10.1 Å². The van der Waals surface area contributed by atoms with Crippen molar-refractivity contribution in [3.8, 4) is 16.9 Å². The number of aliphatic hydroxyl groups excluding tert-OH is 1. The zero-order chi connectivity index (χ0) is 31.7. The van der Waals surface area contributed by atoms with Crippen LogP contribution in [0.5, 0.6) is 5.75 Å². The molecular formula is C39H37NO5S. The standard InChI is InChI=1S/C39H37NO5S/c1-43-35-13-7-8-14-37(35)46-26-33-23-36(29-17-15-27(25-41)16-18-29)45-39(44-33)31-21-19-28(20-22-31)34-12-6-5-11-32(34)24-40-38(42)30-9-3-2-4-10-30/h2-22,33,36,39,41H,23-26H2,1H3,(H,40,42)/t33-,36+,39+/m1/s1. The van der Waals surface area contributed by atoms with Crippen molar-refractivity contribution in [2.24, 2.45) is 0 Å². The molecule has 3 atom stereocenters. The summed E-state index contributed by atoms with van der Waals surface area (Å²) in [6.07, 6.45) is -0.0701. The Labute approximate surface area is 274 Å². The van der Waals surface area contributed by atoms with Crippen LogP contribution in [-0.2, 0) is 22.6 Å². The molecule has 6 rings (SSSR count). The summed E-state index contributed by atoms with van der Waals surface area (Å²) in [6, 6.07) is 41.6. The van der Waals surface area contributed by atoms with Crippen LogP contribution in [0, 0.1) is 0 Å². The Morgan fingerprint density at radius 3 is 2.28 bits per heavy atom. The normalized spacial score (nSPS) is 17.7. The van der Waals surface area contributed by atoms with Gasteiger partial charge < -0.3 is 24.6 Å². The molecule has 0 bridgehead atoms. The van der Waals surface area contributed by atoms with Gasteiger partial charge in [-0.25, -0.2) is 0 Å². The number of nitrogens with one attached hydrogen (secondary N) is 1.